The van der Waals surface area contributed by atoms with Crippen LogP contribution in [-0.2, 0) is 0 Å². The lowest BCUT2D eigenvalue weighted by atomic mass is 9.88. The van der Waals surface area contributed by atoms with Crippen LogP contribution in [-0.4, -0.2) is 12.6 Å². The molecule has 0 aliphatic carbocycles. The van der Waals surface area contributed by atoms with Crippen molar-refractivity contribution < 1.29 is 0 Å². The van der Waals surface area contributed by atoms with Gasteiger partial charge in [0.1, 0.15) is 0 Å². The van der Waals surface area contributed by atoms with Crippen LogP contribution in [0.15, 0.2) is 0 Å². The molecule has 76 valence electrons. The van der Waals surface area contributed by atoms with E-state index >= 15 is 0 Å². The van der Waals surface area contributed by atoms with Gasteiger partial charge in [-0.3, -0.25) is 0 Å². The summed E-state index contributed by atoms with van der Waals surface area (Å²) in [6.07, 6.45) is 2.81. The van der Waals surface area contributed by atoms with Crippen LogP contribution < -0.4 is 5.32 Å². The maximum Gasteiger partial charge on any atom is 0.0621 e. The maximum atomic E-state index is 8.33. The number of hydrogen-bond donors (Lipinski definition) is 1. The van der Waals surface area contributed by atoms with E-state index in [1.54, 1.807) is 0 Å². The standard InChI is InChI=1S/C11H22N2/c1-10(11(2,3)4)13-9-7-5-6-8-12/h10,13H,5-7,9H2,1-4H3. The van der Waals surface area contributed by atoms with Gasteiger partial charge in [0.05, 0.1) is 6.07 Å². The van der Waals surface area contributed by atoms with Crippen molar-refractivity contribution in [2.75, 3.05) is 6.54 Å². The van der Waals surface area contributed by atoms with E-state index in [2.05, 4.69) is 39.1 Å². The molecule has 0 heterocycles. The Hall–Kier alpha value is -0.550. The summed E-state index contributed by atoms with van der Waals surface area (Å²) in [4.78, 5) is 0. The lowest BCUT2D eigenvalue weighted by Crippen LogP contribution is -2.38. The third-order valence-electron chi connectivity index (χ3n) is 2.46. The molecule has 0 rings (SSSR count). The largest absolute Gasteiger partial charge is 0.314 e. The van der Waals surface area contributed by atoms with Gasteiger partial charge in [-0.25, -0.2) is 0 Å². The van der Waals surface area contributed by atoms with Gasteiger partial charge in [-0.15, -0.1) is 0 Å². The monoisotopic (exact) mass is 182 g/mol. The minimum Gasteiger partial charge on any atom is -0.314 e. The zero-order valence-electron chi connectivity index (χ0n) is 9.35. The molecule has 0 aromatic heterocycles. The Morgan fingerprint density at radius 3 is 2.38 bits per heavy atom. The summed E-state index contributed by atoms with van der Waals surface area (Å²) in [5.74, 6) is 0. The fraction of sp³-hybridized carbons (Fsp3) is 0.909. The van der Waals surface area contributed by atoms with Crippen LogP contribution in [0.2, 0.25) is 0 Å². The van der Waals surface area contributed by atoms with Crippen molar-refractivity contribution in [3.8, 4) is 6.07 Å². The predicted molar refractivity (Wildman–Crippen MR) is 56.4 cm³/mol. The molecule has 1 unspecified atom stereocenters. The van der Waals surface area contributed by atoms with Gasteiger partial charge in [-0.2, -0.15) is 5.26 Å². The van der Waals surface area contributed by atoms with Crippen LogP contribution in [0.5, 0.6) is 0 Å². The molecule has 0 aromatic rings. The third kappa shape index (κ3) is 6.60. The summed E-state index contributed by atoms with van der Waals surface area (Å²) in [6, 6.07) is 2.69. The van der Waals surface area contributed by atoms with Crippen molar-refractivity contribution in [3.05, 3.63) is 0 Å². The van der Waals surface area contributed by atoms with Crippen molar-refractivity contribution in [1.29, 1.82) is 5.26 Å². The molecular weight excluding hydrogens is 160 g/mol. The quantitative estimate of drug-likeness (QED) is 0.664. The molecule has 0 aromatic carbocycles. The van der Waals surface area contributed by atoms with E-state index in [1.807, 2.05) is 0 Å². The van der Waals surface area contributed by atoms with Crippen LogP contribution in [0.3, 0.4) is 0 Å². The van der Waals surface area contributed by atoms with E-state index in [4.69, 9.17) is 5.26 Å². The van der Waals surface area contributed by atoms with Crippen molar-refractivity contribution in [2.24, 2.45) is 5.41 Å². The highest BCUT2D eigenvalue weighted by Crippen LogP contribution is 2.18. The summed E-state index contributed by atoms with van der Waals surface area (Å²) in [5.41, 5.74) is 0.329. The molecule has 13 heavy (non-hydrogen) atoms. The molecule has 0 spiro atoms. The molecule has 0 amide bonds. The summed E-state index contributed by atoms with van der Waals surface area (Å²) >= 11 is 0. The average Bonchev–Trinajstić information content (AvgIpc) is 2.02. The zero-order valence-corrected chi connectivity index (χ0v) is 9.35. The Labute approximate surface area is 82.3 Å². The Balaban J connectivity index is 3.39. The lowest BCUT2D eigenvalue weighted by molar-refractivity contribution is 0.285. The molecule has 2 nitrogen and oxygen atoms in total. The molecule has 1 atom stereocenters. The summed E-state index contributed by atoms with van der Waals surface area (Å²) in [7, 11) is 0. The molecule has 0 saturated heterocycles. The second-order valence-corrected chi connectivity index (χ2v) is 4.66. The van der Waals surface area contributed by atoms with Gasteiger partial charge in [0, 0.05) is 12.5 Å². The number of nitrogens with one attached hydrogen (secondary N) is 1. The number of nitriles is 1. The minimum absolute atomic E-state index is 0.329. The molecule has 0 aliphatic heterocycles. The molecular formula is C11H22N2. The first-order chi connectivity index (χ1) is 5.98. The van der Waals surface area contributed by atoms with Gasteiger partial charge in [0.2, 0.25) is 0 Å². The van der Waals surface area contributed by atoms with E-state index in [-0.39, 0.29) is 0 Å². The van der Waals surface area contributed by atoms with Crippen LogP contribution in [0, 0.1) is 16.7 Å². The fourth-order valence-electron chi connectivity index (χ4n) is 0.954. The van der Waals surface area contributed by atoms with Crippen LogP contribution in [0.4, 0.5) is 0 Å². The van der Waals surface area contributed by atoms with Gasteiger partial charge in [-0.1, -0.05) is 20.8 Å². The fourth-order valence-corrected chi connectivity index (χ4v) is 0.954. The normalized spacial score (nSPS) is 13.8. The van der Waals surface area contributed by atoms with Gasteiger partial charge in [0.25, 0.3) is 0 Å². The number of nitrogens with zero attached hydrogens (tertiary/aromatic N) is 1. The van der Waals surface area contributed by atoms with E-state index in [0.717, 1.165) is 19.4 Å². The maximum absolute atomic E-state index is 8.33. The smallest absolute Gasteiger partial charge is 0.0621 e. The second-order valence-electron chi connectivity index (χ2n) is 4.66. The van der Waals surface area contributed by atoms with Gasteiger partial charge in [-0.05, 0) is 31.7 Å². The topological polar surface area (TPSA) is 35.8 Å². The van der Waals surface area contributed by atoms with E-state index in [0.29, 0.717) is 17.9 Å². The average molecular weight is 182 g/mol. The number of unbranched alkanes of at least 4 members (excludes halogenated alkanes) is 2. The van der Waals surface area contributed by atoms with Gasteiger partial charge in [0.15, 0.2) is 0 Å². The van der Waals surface area contributed by atoms with Crippen molar-refractivity contribution in [2.45, 2.75) is 53.0 Å². The van der Waals surface area contributed by atoms with Crippen LogP contribution >= 0.6 is 0 Å². The second kappa shape index (κ2) is 5.99. The summed E-state index contributed by atoms with van der Waals surface area (Å²) < 4.78 is 0. The lowest BCUT2D eigenvalue weighted by Gasteiger charge is -2.28. The highest BCUT2D eigenvalue weighted by molar-refractivity contribution is 4.76. The van der Waals surface area contributed by atoms with E-state index in [9.17, 15) is 0 Å². The molecule has 0 saturated carbocycles. The van der Waals surface area contributed by atoms with Crippen LogP contribution in [0.1, 0.15) is 47.0 Å². The molecule has 0 aliphatic rings. The van der Waals surface area contributed by atoms with Gasteiger partial charge < -0.3 is 5.32 Å². The first kappa shape index (κ1) is 12.4. The predicted octanol–water partition coefficient (Wildman–Crippen LogP) is 2.70. The Morgan fingerprint density at radius 2 is 1.92 bits per heavy atom. The molecule has 0 fully saturated rings. The summed E-state index contributed by atoms with van der Waals surface area (Å²) in [6.45, 7) is 9.95. The molecule has 2 heteroatoms. The van der Waals surface area contributed by atoms with Gasteiger partial charge >= 0.3 is 0 Å². The summed E-state index contributed by atoms with van der Waals surface area (Å²) in [5, 5.41) is 11.8. The zero-order chi connectivity index (χ0) is 10.3. The van der Waals surface area contributed by atoms with Crippen molar-refractivity contribution in [3.63, 3.8) is 0 Å². The molecule has 0 bridgehead atoms. The first-order valence-corrected chi connectivity index (χ1v) is 5.09. The van der Waals surface area contributed by atoms with Crippen LogP contribution in [0.25, 0.3) is 0 Å². The molecule has 0 radical (unpaired) electrons. The third-order valence-corrected chi connectivity index (χ3v) is 2.46. The van der Waals surface area contributed by atoms with Crippen molar-refractivity contribution >= 4 is 0 Å². The Morgan fingerprint density at radius 1 is 1.31 bits per heavy atom. The van der Waals surface area contributed by atoms with E-state index < -0.39 is 0 Å². The minimum atomic E-state index is 0.329. The SMILES string of the molecule is CC(NCCCCC#N)C(C)(C)C. The van der Waals surface area contributed by atoms with Crippen molar-refractivity contribution in [1.82, 2.24) is 5.32 Å². The highest BCUT2D eigenvalue weighted by atomic mass is 14.9. The number of rotatable bonds is 5. The molecule has 1 N–H and O–H groups in total. The number of hydrogen-bond acceptors (Lipinski definition) is 2. The Kier molecular flexibility index (Phi) is 5.73. The first-order valence-electron chi connectivity index (χ1n) is 5.09. The van der Waals surface area contributed by atoms with E-state index in [1.165, 1.54) is 0 Å². The highest BCUT2D eigenvalue weighted by Gasteiger charge is 2.18. The Bertz CT molecular complexity index is 162.